The summed E-state index contributed by atoms with van der Waals surface area (Å²) in [5.74, 6) is 0.645. The van der Waals surface area contributed by atoms with Gasteiger partial charge in [0.1, 0.15) is 5.15 Å². The fraction of sp³-hybridized carbons (Fsp3) is 0.750. The van der Waals surface area contributed by atoms with Crippen LogP contribution < -0.4 is 5.32 Å². The number of piperidine rings is 1. The van der Waals surface area contributed by atoms with E-state index in [4.69, 9.17) is 11.6 Å². The van der Waals surface area contributed by atoms with Crippen molar-refractivity contribution in [2.24, 2.45) is 13.0 Å². The van der Waals surface area contributed by atoms with Crippen LogP contribution in [0.5, 0.6) is 0 Å². The molecule has 1 aliphatic heterocycles. The number of nitrogens with zero attached hydrogens (tertiary/aromatic N) is 2. The highest BCUT2D eigenvalue weighted by Gasteiger charge is 2.30. The first-order valence-corrected chi connectivity index (χ1v) is 6.49. The summed E-state index contributed by atoms with van der Waals surface area (Å²) in [6.45, 7) is 5.06. The van der Waals surface area contributed by atoms with Crippen molar-refractivity contribution in [3.63, 3.8) is 0 Å². The van der Waals surface area contributed by atoms with E-state index < -0.39 is 6.10 Å². The Labute approximate surface area is 107 Å². The van der Waals surface area contributed by atoms with Crippen LogP contribution in [-0.2, 0) is 7.05 Å². The van der Waals surface area contributed by atoms with Gasteiger partial charge in [0.25, 0.3) is 0 Å². The third kappa shape index (κ3) is 2.49. The minimum Gasteiger partial charge on any atom is -0.387 e. The molecule has 1 saturated heterocycles. The maximum absolute atomic E-state index is 10.4. The number of nitrogens with one attached hydrogen (secondary N) is 1. The van der Waals surface area contributed by atoms with E-state index in [0.29, 0.717) is 11.1 Å². The summed E-state index contributed by atoms with van der Waals surface area (Å²) in [6.07, 6.45) is 1.58. The summed E-state index contributed by atoms with van der Waals surface area (Å²) in [7, 11) is 1.79. The van der Waals surface area contributed by atoms with E-state index in [1.807, 2.05) is 6.92 Å². The average Bonchev–Trinajstić information content (AvgIpc) is 2.52. The summed E-state index contributed by atoms with van der Waals surface area (Å²) in [5.41, 5.74) is 1.57. The van der Waals surface area contributed by atoms with Crippen molar-refractivity contribution in [3.05, 3.63) is 16.4 Å². The van der Waals surface area contributed by atoms with E-state index in [-0.39, 0.29) is 6.04 Å². The van der Waals surface area contributed by atoms with Gasteiger partial charge in [-0.3, -0.25) is 4.68 Å². The highest BCUT2D eigenvalue weighted by molar-refractivity contribution is 6.30. The molecule has 0 aromatic carbocycles. The van der Waals surface area contributed by atoms with Crippen molar-refractivity contribution in [2.45, 2.75) is 38.8 Å². The van der Waals surface area contributed by atoms with Gasteiger partial charge in [-0.15, -0.1) is 0 Å². The van der Waals surface area contributed by atoms with Crippen LogP contribution in [0.4, 0.5) is 0 Å². The zero-order chi connectivity index (χ0) is 12.6. The second kappa shape index (κ2) is 4.96. The molecular weight excluding hydrogens is 238 g/mol. The molecule has 0 radical (unpaired) electrons. The summed E-state index contributed by atoms with van der Waals surface area (Å²) in [6, 6.07) is 0.0825. The molecule has 2 rings (SSSR count). The van der Waals surface area contributed by atoms with Gasteiger partial charge < -0.3 is 10.4 Å². The predicted octanol–water partition coefficient (Wildman–Crippen LogP) is 1.80. The van der Waals surface area contributed by atoms with Gasteiger partial charge in [-0.1, -0.05) is 18.5 Å². The molecule has 0 amide bonds. The first-order chi connectivity index (χ1) is 8.00. The van der Waals surface area contributed by atoms with Crippen molar-refractivity contribution in [3.8, 4) is 0 Å². The molecule has 2 N–H and O–H groups in total. The minimum atomic E-state index is -0.570. The molecule has 3 atom stereocenters. The standard InChI is InChI=1S/C12H20ClN3O/c1-7-4-5-14-9(6-7)11(17)10-8(2)15-16(3)12(10)13/h7,9,11,14,17H,4-6H2,1-3H3. The summed E-state index contributed by atoms with van der Waals surface area (Å²) >= 11 is 6.18. The summed E-state index contributed by atoms with van der Waals surface area (Å²) < 4.78 is 1.61. The molecule has 17 heavy (non-hydrogen) atoms. The summed E-state index contributed by atoms with van der Waals surface area (Å²) in [5, 5.41) is 18.6. The number of rotatable bonds is 2. The van der Waals surface area contributed by atoms with Crippen molar-refractivity contribution in [1.29, 1.82) is 0 Å². The smallest absolute Gasteiger partial charge is 0.132 e. The zero-order valence-electron chi connectivity index (χ0n) is 10.6. The van der Waals surface area contributed by atoms with Crippen LogP contribution >= 0.6 is 11.6 Å². The van der Waals surface area contributed by atoms with Gasteiger partial charge in [0.2, 0.25) is 0 Å². The number of aryl methyl sites for hydroxylation is 2. The molecule has 1 aliphatic rings. The average molecular weight is 258 g/mol. The lowest BCUT2D eigenvalue weighted by Gasteiger charge is -2.31. The SMILES string of the molecule is Cc1nn(C)c(Cl)c1C(O)C1CC(C)CCN1. The Morgan fingerprint density at radius 2 is 2.29 bits per heavy atom. The molecule has 0 bridgehead atoms. The van der Waals surface area contributed by atoms with Crippen LogP contribution in [0.3, 0.4) is 0 Å². The fourth-order valence-electron chi connectivity index (χ4n) is 2.57. The molecule has 3 unspecified atom stereocenters. The second-order valence-electron chi connectivity index (χ2n) is 5.05. The number of aromatic nitrogens is 2. The van der Waals surface area contributed by atoms with Crippen LogP contribution in [0.25, 0.3) is 0 Å². The van der Waals surface area contributed by atoms with Crippen LogP contribution in [0.15, 0.2) is 0 Å². The van der Waals surface area contributed by atoms with Gasteiger partial charge in [-0.2, -0.15) is 5.10 Å². The van der Waals surface area contributed by atoms with E-state index >= 15 is 0 Å². The molecule has 0 saturated carbocycles. The van der Waals surface area contributed by atoms with Crippen LogP contribution in [-0.4, -0.2) is 27.5 Å². The number of aliphatic hydroxyl groups excluding tert-OH is 1. The topological polar surface area (TPSA) is 50.1 Å². The molecule has 1 aromatic heterocycles. The molecule has 96 valence electrons. The molecule has 0 spiro atoms. The number of hydrogen-bond donors (Lipinski definition) is 2. The van der Waals surface area contributed by atoms with Crippen molar-refractivity contribution < 1.29 is 5.11 Å². The second-order valence-corrected chi connectivity index (χ2v) is 5.41. The normalized spacial score (nSPS) is 27.1. The first-order valence-electron chi connectivity index (χ1n) is 6.11. The lowest BCUT2D eigenvalue weighted by molar-refractivity contribution is 0.101. The molecular formula is C12H20ClN3O. The van der Waals surface area contributed by atoms with Crippen LogP contribution in [0, 0.1) is 12.8 Å². The minimum absolute atomic E-state index is 0.0825. The van der Waals surface area contributed by atoms with E-state index in [0.717, 1.165) is 24.2 Å². The summed E-state index contributed by atoms with van der Waals surface area (Å²) in [4.78, 5) is 0. The molecule has 1 fully saturated rings. The Hall–Kier alpha value is -0.580. The Bertz CT molecular complexity index is 405. The number of hydrogen-bond acceptors (Lipinski definition) is 3. The highest BCUT2D eigenvalue weighted by atomic mass is 35.5. The molecule has 1 aromatic rings. The number of halogens is 1. The fourth-order valence-corrected chi connectivity index (χ4v) is 2.86. The monoisotopic (exact) mass is 257 g/mol. The number of aliphatic hydroxyl groups is 1. The van der Waals surface area contributed by atoms with Crippen molar-refractivity contribution in [1.82, 2.24) is 15.1 Å². The third-order valence-electron chi connectivity index (χ3n) is 3.57. The zero-order valence-corrected chi connectivity index (χ0v) is 11.3. The van der Waals surface area contributed by atoms with Crippen molar-refractivity contribution in [2.75, 3.05) is 6.54 Å². The van der Waals surface area contributed by atoms with E-state index in [1.54, 1.807) is 11.7 Å². The van der Waals surface area contributed by atoms with E-state index in [1.165, 1.54) is 6.42 Å². The quantitative estimate of drug-likeness (QED) is 0.850. The lowest BCUT2D eigenvalue weighted by Crippen LogP contribution is -2.41. The van der Waals surface area contributed by atoms with Crippen LogP contribution in [0.1, 0.15) is 37.1 Å². The first kappa shape index (κ1) is 12.9. The predicted molar refractivity (Wildman–Crippen MR) is 68.1 cm³/mol. The molecule has 0 aliphatic carbocycles. The van der Waals surface area contributed by atoms with Gasteiger partial charge >= 0.3 is 0 Å². The lowest BCUT2D eigenvalue weighted by atomic mass is 9.89. The Morgan fingerprint density at radius 3 is 2.82 bits per heavy atom. The Kier molecular flexibility index (Phi) is 3.76. The highest BCUT2D eigenvalue weighted by Crippen LogP contribution is 2.31. The molecule has 5 heteroatoms. The van der Waals surface area contributed by atoms with Crippen molar-refractivity contribution >= 4 is 11.6 Å². The van der Waals surface area contributed by atoms with Gasteiger partial charge in [-0.05, 0) is 32.2 Å². The maximum atomic E-state index is 10.4. The molecule has 4 nitrogen and oxygen atoms in total. The van der Waals surface area contributed by atoms with Gasteiger partial charge in [0.05, 0.1) is 11.8 Å². The van der Waals surface area contributed by atoms with E-state index in [9.17, 15) is 5.11 Å². The van der Waals surface area contributed by atoms with Crippen LogP contribution in [0.2, 0.25) is 5.15 Å². The largest absolute Gasteiger partial charge is 0.387 e. The third-order valence-corrected chi connectivity index (χ3v) is 4.02. The van der Waals surface area contributed by atoms with E-state index in [2.05, 4.69) is 17.3 Å². The van der Waals surface area contributed by atoms with Gasteiger partial charge in [0.15, 0.2) is 0 Å². The Balaban J connectivity index is 2.21. The van der Waals surface area contributed by atoms with Gasteiger partial charge in [0, 0.05) is 18.7 Å². The molecule has 2 heterocycles. The van der Waals surface area contributed by atoms with Gasteiger partial charge in [-0.25, -0.2) is 0 Å². The Morgan fingerprint density at radius 1 is 1.59 bits per heavy atom. The maximum Gasteiger partial charge on any atom is 0.132 e.